The van der Waals surface area contributed by atoms with Gasteiger partial charge < -0.3 is 0 Å². The lowest BCUT2D eigenvalue weighted by atomic mass is 9.85. The third-order valence-electron chi connectivity index (χ3n) is 3.16. The molecule has 0 saturated carbocycles. The molecule has 106 valence electrons. The summed E-state index contributed by atoms with van der Waals surface area (Å²) in [6.45, 7) is 2.07. The van der Waals surface area contributed by atoms with Crippen molar-refractivity contribution in [3.8, 4) is 0 Å². The third-order valence-corrected chi connectivity index (χ3v) is 6.06. The Labute approximate surface area is 99.6 Å². The van der Waals surface area contributed by atoms with E-state index in [4.69, 9.17) is 0 Å². The van der Waals surface area contributed by atoms with Gasteiger partial charge in [-0.3, -0.25) is 0 Å². The van der Waals surface area contributed by atoms with Gasteiger partial charge in [0, 0.05) is 5.92 Å². The molecule has 0 radical (unpaired) electrons. The number of allylic oxidation sites excluding steroid dienone is 2. The van der Waals surface area contributed by atoms with Crippen LogP contribution in [0.5, 0.6) is 0 Å². The minimum absolute atomic E-state index is 0.646. The third kappa shape index (κ3) is 1.52. The van der Waals surface area contributed by atoms with Crippen LogP contribution in [0.4, 0.5) is 26.3 Å². The van der Waals surface area contributed by atoms with Gasteiger partial charge in [-0.2, -0.15) is 26.3 Å². The monoisotopic (exact) mass is 296 g/mol. The molecule has 1 fully saturated rings. The second-order valence-electron chi connectivity index (χ2n) is 4.03. The summed E-state index contributed by atoms with van der Waals surface area (Å²) in [6, 6.07) is 0. The molecular formula is C9H10F6O2S. The van der Waals surface area contributed by atoms with Gasteiger partial charge in [0.25, 0.3) is 4.75 Å². The van der Waals surface area contributed by atoms with Crippen LogP contribution in [0.2, 0.25) is 0 Å². The molecule has 1 aliphatic rings. The Kier molecular flexibility index (Phi) is 3.30. The standard InChI is InChI=1S/C9H10F6O2S/c1-3-4-6-5(2)18(16,17)7(6,8(10,11)12)9(13,14)15/h3-6H,1-2H3/b4-3+/t5-,6+/m1/s1. The molecule has 0 amide bonds. The van der Waals surface area contributed by atoms with Crippen LogP contribution in [0.3, 0.4) is 0 Å². The van der Waals surface area contributed by atoms with Gasteiger partial charge in [-0.25, -0.2) is 8.42 Å². The Morgan fingerprint density at radius 2 is 1.44 bits per heavy atom. The summed E-state index contributed by atoms with van der Waals surface area (Å²) >= 11 is 0. The Morgan fingerprint density at radius 3 is 1.72 bits per heavy atom. The Morgan fingerprint density at radius 1 is 1.06 bits per heavy atom. The highest BCUT2D eigenvalue weighted by Crippen LogP contribution is 2.62. The zero-order valence-electron chi connectivity index (χ0n) is 9.30. The fourth-order valence-electron chi connectivity index (χ4n) is 2.29. The normalized spacial score (nSPS) is 31.3. The van der Waals surface area contributed by atoms with Crippen LogP contribution >= 0.6 is 0 Å². The zero-order valence-corrected chi connectivity index (χ0v) is 10.1. The molecular weight excluding hydrogens is 286 g/mol. The lowest BCUT2D eigenvalue weighted by molar-refractivity contribution is -0.283. The molecule has 1 saturated heterocycles. The second-order valence-corrected chi connectivity index (χ2v) is 6.51. The Balaban J connectivity index is 3.61. The molecule has 18 heavy (non-hydrogen) atoms. The van der Waals surface area contributed by atoms with Gasteiger partial charge >= 0.3 is 12.4 Å². The van der Waals surface area contributed by atoms with E-state index in [0.29, 0.717) is 6.08 Å². The van der Waals surface area contributed by atoms with Gasteiger partial charge in [0.1, 0.15) is 0 Å². The summed E-state index contributed by atoms with van der Waals surface area (Å²) in [5.41, 5.74) is 0. The summed E-state index contributed by atoms with van der Waals surface area (Å²) in [5.74, 6) is -2.15. The number of hydrogen-bond donors (Lipinski definition) is 0. The number of rotatable bonds is 1. The largest absolute Gasteiger partial charge is 0.417 e. The van der Waals surface area contributed by atoms with Crippen molar-refractivity contribution in [1.82, 2.24) is 0 Å². The summed E-state index contributed by atoms with van der Waals surface area (Å²) in [7, 11) is -5.35. The molecule has 0 N–H and O–H groups in total. The molecule has 9 heteroatoms. The number of sulfone groups is 1. The molecule has 1 heterocycles. The average molecular weight is 296 g/mol. The lowest BCUT2D eigenvalue weighted by Crippen LogP contribution is -2.77. The zero-order chi connectivity index (χ0) is 14.6. The van der Waals surface area contributed by atoms with Crippen molar-refractivity contribution < 1.29 is 34.8 Å². The van der Waals surface area contributed by atoms with Crippen LogP contribution < -0.4 is 0 Å². The minimum atomic E-state index is -5.90. The van der Waals surface area contributed by atoms with Crippen molar-refractivity contribution in [2.24, 2.45) is 5.92 Å². The Bertz CT molecular complexity index is 444. The summed E-state index contributed by atoms with van der Waals surface area (Å²) in [4.78, 5) is 0. The first kappa shape index (κ1) is 15.3. The van der Waals surface area contributed by atoms with E-state index in [2.05, 4.69) is 0 Å². The van der Waals surface area contributed by atoms with Crippen LogP contribution in [-0.2, 0) is 9.84 Å². The quantitative estimate of drug-likeness (QED) is 0.551. The highest BCUT2D eigenvalue weighted by Gasteiger charge is 2.88. The fourth-order valence-corrected chi connectivity index (χ4v) is 4.64. The molecule has 0 spiro atoms. The van der Waals surface area contributed by atoms with E-state index in [-0.39, 0.29) is 0 Å². The first-order chi connectivity index (χ1) is 7.85. The first-order valence-electron chi connectivity index (χ1n) is 4.85. The topological polar surface area (TPSA) is 34.1 Å². The molecule has 0 aromatic rings. The van der Waals surface area contributed by atoms with Crippen LogP contribution in [0.1, 0.15) is 13.8 Å². The predicted octanol–water partition coefficient (Wildman–Crippen LogP) is 2.86. The molecule has 0 bridgehead atoms. The summed E-state index contributed by atoms with van der Waals surface area (Å²) in [5, 5.41) is -1.71. The highest BCUT2D eigenvalue weighted by atomic mass is 32.2. The van der Waals surface area contributed by atoms with Gasteiger partial charge in [0.15, 0.2) is 9.84 Å². The van der Waals surface area contributed by atoms with E-state index in [1.807, 2.05) is 0 Å². The predicted molar refractivity (Wildman–Crippen MR) is 51.5 cm³/mol. The van der Waals surface area contributed by atoms with Crippen molar-refractivity contribution in [2.75, 3.05) is 0 Å². The number of alkyl halides is 6. The average Bonchev–Trinajstić information content (AvgIpc) is 2.11. The lowest BCUT2D eigenvalue weighted by Gasteiger charge is -2.52. The van der Waals surface area contributed by atoms with E-state index in [9.17, 15) is 34.8 Å². The van der Waals surface area contributed by atoms with E-state index in [1.165, 1.54) is 6.92 Å². The van der Waals surface area contributed by atoms with Crippen LogP contribution in [0.15, 0.2) is 12.2 Å². The SMILES string of the molecule is C/C=C/[C@H]1[C@@H](C)S(=O)(=O)C1(C(F)(F)F)C(F)(F)F. The minimum Gasteiger partial charge on any atom is -0.227 e. The molecule has 0 aliphatic carbocycles. The van der Waals surface area contributed by atoms with E-state index in [0.717, 1.165) is 13.0 Å². The van der Waals surface area contributed by atoms with Crippen molar-refractivity contribution >= 4 is 9.84 Å². The first-order valence-corrected chi connectivity index (χ1v) is 6.40. The Hall–Kier alpha value is -0.730. The molecule has 2 nitrogen and oxygen atoms in total. The molecule has 2 atom stereocenters. The maximum atomic E-state index is 12.8. The second kappa shape index (κ2) is 3.88. The maximum absolute atomic E-state index is 12.8. The van der Waals surface area contributed by atoms with Crippen LogP contribution in [-0.4, -0.2) is 30.8 Å². The van der Waals surface area contributed by atoms with Crippen molar-refractivity contribution in [3.05, 3.63) is 12.2 Å². The van der Waals surface area contributed by atoms with Crippen LogP contribution in [0.25, 0.3) is 0 Å². The summed E-state index contributed by atoms with van der Waals surface area (Å²) < 4.78 is 94.6. The van der Waals surface area contributed by atoms with Gasteiger partial charge in [-0.15, -0.1) is 0 Å². The molecule has 0 aromatic heterocycles. The highest BCUT2D eigenvalue weighted by molar-refractivity contribution is 7.95. The maximum Gasteiger partial charge on any atom is 0.417 e. The van der Waals surface area contributed by atoms with Crippen LogP contribution in [0, 0.1) is 5.92 Å². The number of hydrogen-bond acceptors (Lipinski definition) is 2. The molecule has 0 unspecified atom stereocenters. The van der Waals surface area contributed by atoms with Gasteiger partial charge in [-0.1, -0.05) is 12.2 Å². The van der Waals surface area contributed by atoms with Crippen molar-refractivity contribution in [3.63, 3.8) is 0 Å². The fraction of sp³-hybridized carbons (Fsp3) is 0.778. The van der Waals surface area contributed by atoms with Gasteiger partial charge in [0.05, 0.1) is 5.25 Å². The molecule has 1 aliphatic heterocycles. The van der Waals surface area contributed by atoms with Crippen molar-refractivity contribution in [1.29, 1.82) is 0 Å². The van der Waals surface area contributed by atoms with E-state index in [1.54, 1.807) is 0 Å². The van der Waals surface area contributed by atoms with Gasteiger partial charge in [-0.05, 0) is 13.8 Å². The molecule has 0 aromatic carbocycles. The summed E-state index contributed by atoms with van der Waals surface area (Å²) in [6.07, 6.45) is -10.2. The van der Waals surface area contributed by atoms with Gasteiger partial charge in [0.2, 0.25) is 0 Å². The van der Waals surface area contributed by atoms with Crippen molar-refractivity contribution in [2.45, 2.75) is 36.2 Å². The van der Waals surface area contributed by atoms with E-state index < -0.39 is 38.1 Å². The number of halogens is 6. The smallest absolute Gasteiger partial charge is 0.227 e. The van der Waals surface area contributed by atoms with E-state index >= 15 is 0 Å². The molecule has 1 rings (SSSR count).